The summed E-state index contributed by atoms with van der Waals surface area (Å²) in [5.41, 5.74) is 6.71. The van der Waals surface area contributed by atoms with Crippen molar-refractivity contribution in [2.75, 3.05) is 11.1 Å². The summed E-state index contributed by atoms with van der Waals surface area (Å²) in [5, 5.41) is 3.23. The van der Waals surface area contributed by atoms with Crippen LogP contribution in [0.1, 0.15) is 19.4 Å². The van der Waals surface area contributed by atoms with Gasteiger partial charge in [0.05, 0.1) is 16.3 Å². The molecule has 5 heteroatoms. The van der Waals surface area contributed by atoms with Crippen LogP contribution in [0.15, 0.2) is 23.1 Å². The smallest absolute Gasteiger partial charge is 0.182 e. The van der Waals surface area contributed by atoms with Crippen LogP contribution in [0.3, 0.4) is 0 Å². The SMILES string of the molecule is CC1(C)CS(=O)(=O)c2ccc(CN)cc2N1. The molecule has 0 saturated carbocycles. The zero-order valence-electron chi connectivity index (χ0n) is 9.45. The molecule has 1 aromatic carbocycles. The van der Waals surface area contributed by atoms with Crippen LogP contribution in [0.25, 0.3) is 0 Å². The Bertz CT molecular complexity index is 521. The van der Waals surface area contributed by atoms with Crippen molar-refractivity contribution in [1.29, 1.82) is 0 Å². The number of fused-ring (bicyclic) bond motifs is 1. The van der Waals surface area contributed by atoms with Gasteiger partial charge in [-0.2, -0.15) is 0 Å². The van der Waals surface area contributed by atoms with Gasteiger partial charge in [-0.15, -0.1) is 0 Å². The molecule has 0 saturated heterocycles. The highest BCUT2D eigenvalue weighted by atomic mass is 32.2. The maximum absolute atomic E-state index is 12.0. The molecule has 1 aromatic rings. The Morgan fingerprint density at radius 2 is 2.12 bits per heavy atom. The van der Waals surface area contributed by atoms with Crippen LogP contribution in [-0.4, -0.2) is 19.7 Å². The van der Waals surface area contributed by atoms with E-state index in [0.29, 0.717) is 17.1 Å². The lowest BCUT2D eigenvalue weighted by molar-refractivity contribution is 0.556. The fourth-order valence-corrected chi connectivity index (χ4v) is 3.92. The maximum Gasteiger partial charge on any atom is 0.182 e. The molecule has 0 aliphatic carbocycles. The molecule has 0 unspecified atom stereocenters. The zero-order valence-corrected chi connectivity index (χ0v) is 10.3. The molecule has 1 aliphatic heterocycles. The summed E-state index contributed by atoms with van der Waals surface area (Å²) in [6.07, 6.45) is 0. The summed E-state index contributed by atoms with van der Waals surface area (Å²) in [5.74, 6) is 0.120. The van der Waals surface area contributed by atoms with Gasteiger partial charge in [0.15, 0.2) is 9.84 Å². The summed E-state index contributed by atoms with van der Waals surface area (Å²) >= 11 is 0. The molecular formula is C11H16N2O2S. The van der Waals surface area contributed by atoms with Crippen molar-refractivity contribution in [1.82, 2.24) is 0 Å². The van der Waals surface area contributed by atoms with Crippen molar-refractivity contribution in [3.8, 4) is 0 Å². The average Bonchev–Trinajstić information content (AvgIpc) is 2.13. The summed E-state index contributed by atoms with van der Waals surface area (Å²) in [4.78, 5) is 0.379. The third kappa shape index (κ3) is 1.92. The number of sulfone groups is 1. The highest BCUT2D eigenvalue weighted by Crippen LogP contribution is 2.33. The molecule has 4 nitrogen and oxygen atoms in total. The second kappa shape index (κ2) is 3.46. The van der Waals surface area contributed by atoms with Gasteiger partial charge in [-0.3, -0.25) is 0 Å². The van der Waals surface area contributed by atoms with Crippen molar-refractivity contribution in [3.05, 3.63) is 23.8 Å². The third-order valence-corrected chi connectivity index (χ3v) is 4.77. The number of anilines is 1. The van der Waals surface area contributed by atoms with E-state index in [9.17, 15) is 8.42 Å². The van der Waals surface area contributed by atoms with Gasteiger partial charge in [-0.25, -0.2) is 8.42 Å². The molecule has 0 atom stereocenters. The Hall–Kier alpha value is -1.07. The van der Waals surface area contributed by atoms with Crippen LogP contribution in [0.5, 0.6) is 0 Å². The molecule has 2 rings (SSSR count). The first-order chi connectivity index (χ1) is 7.34. The molecule has 16 heavy (non-hydrogen) atoms. The van der Waals surface area contributed by atoms with Gasteiger partial charge in [0.1, 0.15) is 0 Å². The molecule has 1 heterocycles. The molecule has 0 radical (unpaired) electrons. The van der Waals surface area contributed by atoms with Crippen molar-refractivity contribution < 1.29 is 8.42 Å². The summed E-state index contributed by atoms with van der Waals surface area (Å²) < 4.78 is 24.0. The quantitative estimate of drug-likeness (QED) is 0.771. The predicted octanol–water partition coefficient (Wildman–Crippen LogP) is 1.12. The molecule has 3 N–H and O–H groups in total. The van der Waals surface area contributed by atoms with E-state index in [1.165, 1.54) is 0 Å². The summed E-state index contributed by atoms with van der Waals surface area (Å²) in [6, 6.07) is 5.21. The fraction of sp³-hybridized carbons (Fsp3) is 0.455. The van der Waals surface area contributed by atoms with Gasteiger partial charge in [0.25, 0.3) is 0 Å². The summed E-state index contributed by atoms with van der Waals surface area (Å²) in [6.45, 7) is 4.17. The van der Waals surface area contributed by atoms with E-state index < -0.39 is 15.4 Å². The number of hydrogen-bond donors (Lipinski definition) is 2. The minimum Gasteiger partial charge on any atom is -0.378 e. The van der Waals surface area contributed by atoms with Crippen LogP contribution in [0.2, 0.25) is 0 Å². The normalized spacial score (nSPS) is 20.9. The van der Waals surface area contributed by atoms with Gasteiger partial charge >= 0.3 is 0 Å². The molecule has 0 amide bonds. The highest BCUT2D eigenvalue weighted by Gasteiger charge is 2.34. The van der Waals surface area contributed by atoms with Gasteiger partial charge < -0.3 is 11.1 Å². The lowest BCUT2D eigenvalue weighted by atomic mass is 10.1. The van der Waals surface area contributed by atoms with Crippen LogP contribution in [-0.2, 0) is 16.4 Å². The molecule has 0 spiro atoms. The monoisotopic (exact) mass is 240 g/mol. The van der Waals surface area contributed by atoms with Crippen molar-refractivity contribution in [2.24, 2.45) is 5.73 Å². The molecule has 1 aliphatic rings. The Balaban J connectivity index is 2.60. The number of hydrogen-bond acceptors (Lipinski definition) is 4. The van der Waals surface area contributed by atoms with Crippen LogP contribution in [0.4, 0.5) is 5.69 Å². The van der Waals surface area contributed by atoms with E-state index in [1.54, 1.807) is 12.1 Å². The van der Waals surface area contributed by atoms with E-state index >= 15 is 0 Å². The Morgan fingerprint density at radius 1 is 1.44 bits per heavy atom. The molecule has 0 fully saturated rings. The van der Waals surface area contributed by atoms with E-state index in [1.807, 2.05) is 19.9 Å². The summed E-state index contributed by atoms with van der Waals surface area (Å²) in [7, 11) is -3.18. The predicted molar refractivity (Wildman–Crippen MR) is 64.1 cm³/mol. The first-order valence-electron chi connectivity index (χ1n) is 5.18. The first kappa shape index (κ1) is 11.4. The van der Waals surface area contributed by atoms with Crippen LogP contribution < -0.4 is 11.1 Å². The average molecular weight is 240 g/mol. The van der Waals surface area contributed by atoms with E-state index in [0.717, 1.165) is 5.56 Å². The first-order valence-corrected chi connectivity index (χ1v) is 6.83. The number of nitrogens with two attached hydrogens (primary N) is 1. The van der Waals surface area contributed by atoms with Crippen molar-refractivity contribution in [3.63, 3.8) is 0 Å². The van der Waals surface area contributed by atoms with Crippen LogP contribution >= 0.6 is 0 Å². The molecular weight excluding hydrogens is 224 g/mol. The van der Waals surface area contributed by atoms with Crippen molar-refractivity contribution in [2.45, 2.75) is 30.8 Å². The Morgan fingerprint density at radius 3 is 2.75 bits per heavy atom. The van der Waals surface area contributed by atoms with Gasteiger partial charge in [-0.1, -0.05) is 6.07 Å². The third-order valence-electron chi connectivity index (χ3n) is 2.64. The second-order valence-corrected chi connectivity index (χ2v) is 6.76. The number of nitrogens with one attached hydrogen (secondary N) is 1. The maximum atomic E-state index is 12.0. The lowest BCUT2D eigenvalue weighted by Gasteiger charge is -2.33. The minimum atomic E-state index is -3.18. The zero-order chi connectivity index (χ0) is 12.0. The van der Waals surface area contributed by atoms with E-state index in [-0.39, 0.29) is 5.75 Å². The fourth-order valence-electron chi connectivity index (χ4n) is 2.03. The van der Waals surface area contributed by atoms with Gasteiger partial charge in [0, 0.05) is 12.1 Å². The highest BCUT2D eigenvalue weighted by molar-refractivity contribution is 7.91. The van der Waals surface area contributed by atoms with Gasteiger partial charge in [0.2, 0.25) is 0 Å². The second-order valence-electron chi connectivity index (χ2n) is 4.80. The largest absolute Gasteiger partial charge is 0.378 e. The molecule has 0 aromatic heterocycles. The van der Waals surface area contributed by atoms with E-state index in [4.69, 9.17) is 5.73 Å². The minimum absolute atomic E-state index is 0.120. The van der Waals surface area contributed by atoms with Crippen molar-refractivity contribution >= 4 is 15.5 Å². The topological polar surface area (TPSA) is 72.2 Å². The van der Waals surface area contributed by atoms with Crippen LogP contribution in [0, 0.1) is 0 Å². The number of rotatable bonds is 1. The molecule has 0 bridgehead atoms. The lowest BCUT2D eigenvalue weighted by Crippen LogP contribution is -2.42. The Labute approximate surface area is 95.8 Å². The standard InChI is InChI=1S/C11H16N2O2S/c1-11(2)7-16(14,15)10-4-3-8(6-12)5-9(10)13-11/h3-5,13H,6-7,12H2,1-2H3. The van der Waals surface area contributed by atoms with Gasteiger partial charge in [-0.05, 0) is 31.5 Å². The number of benzene rings is 1. The Kier molecular flexibility index (Phi) is 2.47. The molecule has 88 valence electrons. The van der Waals surface area contributed by atoms with E-state index in [2.05, 4.69) is 5.32 Å².